The summed E-state index contributed by atoms with van der Waals surface area (Å²) in [6.45, 7) is 5.22. The first kappa shape index (κ1) is 19.6. The second-order valence-electron chi connectivity index (χ2n) is 6.24. The number of hydrogen-bond acceptors (Lipinski definition) is 6. The van der Waals surface area contributed by atoms with Gasteiger partial charge in [-0.25, -0.2) is 0 Å². The van der Waals surface area contributed by atoms with Gasteiger partial charge in [-0.3, -0.25) is 14.4 Å². The van der Waals surface area contributed by atoms with E-state index >= 15 is 0 Å². The van der Waals surface area contributed by atoms with Crippen molar-refractivity contribution in [1.82, 2.24) is 15.4 Å². The Labute approximate surface area is 155 Å². The first-order valence-corrected chi connectivity index (χ1v) is 8.98. The van der Waals surface area contributed by atoms with Gasteiger partial charge >= 0.3 is 0 Å². The number of aryl methyl sites for hydroxylation is 1. The first-order valence-electron chi connectivity index (χ1n) is 8.10. The molecule has 26 heavy (non-hydrogen) atoms. The third kappa shape index (κ3) is 5.16. The number of carbonyl (C=O) groups is 3. The van der Waals surface area contributed by atoms with Gasteiger partial charge in [0, 0.05) is 13.1 Å². The fourth-order valence-corrected chi connectivity index (χ4v) is 2.90. The highest BCUT2D eigenvalue weighted by Gasteiger charge is 2.28. The third-order valence-corrected chi connectivity index (χ3v) is 4.49. The van der Waals surface area contributed by atoms with Crippen molar-refractivity contribution in [3.63, 3.8) is 0 Å². The zero-order valence-electron chi connectivity index (χ0n) is 15.1. The molecule has 0 saturated carbocycles. The molecule has 0 spiro atoms. The van der Waals surface area contributed by atoms with Crippen molar-refractivity contribution < 1.29 is 18.9 Å². The molecule has 1 atom stereocenters. The van der Waals surface area contributed by atoms with Crippen LogP contribution in [0, 0.1) is 12.8 Å². The maximum atomic E-state index is 12.7. The number of likely N-dealkylation sites (N-methyl/N-ethyl adjacent to an activating group) is 1. The van der Waals surface area contributed by atoms with Gasteiger partial charge in [-0.05, 0) is 24.3 Å². The van der Waals surface area contributed by atoms with Crippen LogP contribution >= 0.6 is 11.3 Å². The standard InChI is InChI=1S/C17H22N4O4S/c1-10(2)15(19-16(23)12-6-5-7-26-12)17(24)21(4)9-14(22)18-13-8-11(3)25-20-13/h5-8,10,15H,9H2,1-4H3,(H,19,23)(H,18,20,22). The van der Waals surface area contributed by atoms with Crippen molar-refractivity contribution in [2.24, 2.45) is 5.92 Å². The van der Waals surface area contributed by atoms with Crippen LogP contribution in [0.2, 0.25) is 0 Å². The summed E-state index contributed by atoms with van der Waals surface area (Å²) in [6.07, 6.45) is 0. The van der Waals surface area contributed by atoms with Crippen molar-refractivity contribution in [3.8, 4) is 0 Å². The first-order chi connectivity index (χ1) is 12.3. The quantitative estimate of drug-likeness (QED) is 0.766. The Hall–Kier alpha value is -2.68. The molecule has 0 fully saturated rings. The van der Waals surface area contributed by atoms with E-state index in [9.17, 15) is 14.4 Å². The fourth-order valence-electron chi connectivity index (χ4n) is 2.27. The van der Waals surface area contributed by atoms with Gasteiger partial charge in [-0.2, -0.15) is 0 Å². The van der Waals surface area contributed by atoms with Gasteiger partial charge in [-0.1, -0.05) is 25.1 Å². The van der Waals surface area contributed by atoms with Crippen molar-refractivity contribution >= 4 is 34.9 Å². The molecule has 2 aromatic rings. The normalized spacial score (nSPS) is 11.9. The topological polar surface area (TPSA) is 105 Å². The van der Waals surface area contributed by atoms with Crippen molar-refractivity contribution in [1.29, 1.82) is 0 Å². The van der Waals surface area contributed by atoms with E-state index < -0.39 is 11.9 Å². The van der Waals surface area contributed by atoms with Gasteiger partial charge < -0.3 is 20.1 Å². The average Bonchev–Trinajstić information content (AvgIpc) is 3.23. The highest BCUT2D eigenvalue weighted by atomic mass is 32.1. The zero-order chi connectivity index (χ0) is 19.3. The molecule has 2 rings (SSSR count). The van der Waals surface area contributed by atoms with Gasteiger partial charge in [0.2, 0.25) is 11.8 Å². The molecule has 0 radical (unpaired) electrons. The SMILES string of the molecule is Cc1cc(NC(=O)CN(C)C(=O)C(NC(=O)c2cccs2)C(C)C)no1. The monoisotopic (exact) mass is 378 g/mol. The summed E-state index contributed by atoms with van der Waals surface area (Å²) in [4.78, 5) is 38.8. The molecule has 0 aliphatic carbocycles. The summed E-state index contributed by atoms with van der Waals surface area (Å²) in [5.74, 6) is -0.309. The molecule has 9 heteroatoms. The number of hydrogen-bond donors (Lipinski definition) is 2. The molecule has 0 aliphatic rings. The fraction of sp³-hybridized carbons (Fsp3) is 0.412. The largest absolute Gasteiger partial charge is 0.360 e. The summed E-state index contributed by atoms with van der Waals surface area (Å²) < 4.78 is 4.87. The van der Waals surface area contributed by atoms with E-state index in [-0.39, 0.29) is 24.3 Å². The third-order valence-electron chi connectivity index (χ3n) is 3.62. The van der Waals surface area contributed by atoms with Gasteiger partial charge in [-0.15, -0.1) is 11.3 Å². The Morgan fingerprint density at radius 3 is 2.62 bits per heavy atom. The molecule has 0 aliphatic heterocycles. The van der Waals surface area contributed by atoms with Crippen LogP contribution < -0.4 is 10.6 Å². The van der Waals surface area contributed by atoms with Gasteiger partial charge in [0.1, 0.15) is 11.8 Å². The summed E-state index contributed by atoms with van der Waals surface area (Å²) in [6, 6.07) is 4.32. The van der Waals surface area contributed by atoms with E-state index in [4.69, 9.17) is 4.52 Å². The average molecular weight is 378 g/mol. The van der Waals surface area contributed by atoms with Crippen LogP contribution in [0.25, 0.3) is 0 Å². The minimum atomic E-state index is -0.725. The highest BCUT2D eigenvalue weighted by molar-refractivity contribution is 7.12. The zero-order valence-corrected chi connectivity index (χ0v) is 15.9. The number of amides is 3. The minimum Gasteiger partial charge on any atom is -0.360 e. The number of rotatable bonds is 7. The maximum absolute atomic E-state index is 12.7. The molecule has 0 bridgehead atoms. The van der Waals surface area contributed by atoms with Crippen molar-refractivity contribution in [2.75, 3.05) is 18.9 Å². The van der Waals surface area contributed by atoms with Gasteiger partial charge in [0.25, 0.3) is 5.91 Å². The predicted octanol–water partition coefficient (Wildman–Crippen LogP) is 1.90. The molecule has 2 heterocycles. The molecular formula is C17H22N4O4S. The van der Waals surface area contributed by atoms with Crippen LogP contribution in [-0.2, 0) is 9.59 Å². The molecule has 1 unspecified atom stereocenters. The molecule has 0 aromatic carbocycles. The van der Waals surface area contributed by atoms with Crippen LogP contribution in [0.15, 0.2) is 28.1 Å². The Kier molecular flexibility index (Phi) is 6.51. The minimum absolute atomic E-state index is 0.130. The number of carbonyl (C=O) groups excluding carboxylic acids is 3. The molecule has 2 aromatic heterocycles. The van der Waals surface area contributed by atoms with Crippen LogP contribution in [0.3, 0.4) is 0 Å². The lowest BCUT2D eigenvalue weighted by molar-refractivity contribution is -0.135. The second-order valence-corrected chi connectivity index (χ2v) is 7.19. The summed E-state index contributed by atoms with van der Waals surface area (Å²) in [5, 5.41) is 10.8. The Morgan fingerprint density at radius 2 is 2.08 bits per heavy atom. The molecule has 2 N–H and O–H groups in total. The van der Waals surface area contributed by atoms with E-state index in [2.05, 4.69) is 15.8 Å². The van der Waals surface area contributed by atoms with Crippen LogP contribution in [0.1, 0.15) is 29.3 Å². The smallest absolute Gasteiger partial charge is 0.262 e. The van der Waals surface area contributed by atoms with E-state index in [0.29, 0.717) is 16.5 Å². The van der Waals surface area contributed by atoms with Crippen LogP contribution in [0.5, 0.6) is 0 Å². The van der Waals surface area contributed by atoms with Crippen LogP contribution in [0.4, 0.5) is 5.82 Å². The Bertz CT molecular complexity index is 770. The number of nitrogens with one attached hydrogen (secondary N) is 2. The van der Waals surface area contributed by atoms with E-state index in [1.807, 2.05) is 13.8 Å². The number of anilines is 1. The molecular weight excluding hydrogens is 356 g/mol. The van der Waals surface area contributed by atoms with Gasteiger partial charge in [0.05, 0.1) is 11.4 Å². The predicted molar refractivity (Wildman–Crippen MR) is 97.9 cm³/mol. The van der Waals surface area contributed by atoms with Crippen molar-refractivity contribution in [2.45, 2.75) is 26.8 Å². The maximum Gasteiger partial charge on any atom is 0.262 e. The van der Waals surface area contributed by atoms with E-state index in [1.165, 1.54) is 23.3 Å². The van der Waals surface area contributed by atoms with Gasteiger partial charge in [0.15, 0.2) is 5.82 Å². The summed E-state index contributed by atoms with van der Waals surface area (Å²) in [7, 11) is 1.52. The number of nitrogens with zero attached hydrogens (tertiary/aromatic N) is 2. The van der Waals surface area contributed by atoms with E-state index in [1.54, 1.807) is 30.5 Å². The lowest BCUT2D eigenvalue weighted by Crippen LogP contribution is -2.51. The number of aromatic nitrogens is 1. The lowest BCUT2D eigenvalue weighted by atomic mass is 10.0. The van der Waals surface area contributed by atoms with Crippen LogP contribution in [-0.4, -0.2) is 47.4 Å². The lowest BCUT2D eigenvalue weighted by Gasteiger charge is -2.26. The molecule has 140 valence electrons. The summed E-state index contributed by atoms with van der Waals surface area (Å²) in [5.41, 5.74) is 0. The van der Waals surface area contributed by atoms with E-state index in [0.717, 1.165) is 0 Å². The molecule has 3 amide bonds. The molecule has 0 saturated heterocycles. The highest BCUT2D eigenvalue weighted by Crippen LogP contribution is 2.12. The van der Waals surface area contributed by atoms with Crippen molar-refractivity contribution in [3.05, 3.63) is 34.2 Å². The Balaban J connectivity index is 1.96. The Morgan fingerprint density at radius 1 is 1.35 bits per heavy atom. The number of thiophene rings is 1. The second kappa shape index (κ2) is 8.61. The molecule has 8 nitrogen and oxygen atoms in total. The summed E-state index contributed by atoms with van der Waals surface area (Å²) >= 11 is 1.30.